The third-order valence-corrected chi connectivity index (χ3v) is 4.54. The second-order valence-corrected chi connectivity index (χ2v) is 6.02. The molecule has 0 aliphatic rings. The maximum absolute atomic E-state index is 6.22. The van der Waals surface area contributed by atoms with Gasteiger partial charge in [-0.3, -0.25) is 4.68 Å². The molecule has 2 heterocycles. The van der Waals surface area contributed by atoms with Crippen LogP contribution in [0.2, 0.25) is 0 Å². The van der Waals surface area contributed by atoms with E-state index in [1.54, 1.807) is 11.3 Å². The van der Waals surface area contributed by atoms with E-state index in [-0.39, 0.29) is 6.04 Å². The Morgan fingerprint density at radius 1 is 1.32 bits per heavy atom. The maximum Gasteiger partial charge on any atom is 0.0628 e. The third kappa shape index (κ3) is 3.67. The second-order valence-electron chi connectivity index (χ2n) is 5.24. The molecule has 3 nitrogen and oxygen atoms in total. The van der Waals surface area contributed by atoms with E-state index in [1.165, 1.54) is 16.8 Å². The number of aryl methyl sites for hydroxylation is 3. The van der Waals surface area contributed by atoms with Gasteiger partial charge in [0.25, 0.3) is 0 Å². The Morgan fingerprint density at radius 2 is 2.05 bits per heavy atom. The topological polar surface area (TPSA) is 43.8 Å². The van der Waals surface area contributed by atoms with Crippen LogP contribution >= 0.6 is 11.3 Å². The molecule has 1 atom stereocenters. The molecule has 4 heteroatoms. The first-order valence-electron chi connectivity index (χ1n) is 6.83. The molecule has 0 amide bonds. The summed E-state index contributed by atoms with van der Waals surface area (Å²) in [5, 5.41) is 8.79. The lowest BCUT2D eigenvalue weighted by molar-refractivity contribution is 0.567. The summed E-state index contributed by atoms with van der Waals surface area (Å²) in [5.74, 6) is 0. The van der Waals surface area contributed by atoms with Crippen LogP contribution in [0.15, 0.2) is 16.8 Å². The monoisotopic (exact) mass is 277 g/mol. The van der Waals surface area contributed by atoms with Crippen molar-refractivity contribution in [2.75, 3.05) is 0 Å². The number of thiophene rings is 1. The lowest BCUT2D eigenvalue weighted by atomic mass is 10.00. The maximum atomic E-state index is 6.22. The molecule has 2 aromatic heterocycles. The normalized spacial score (nSPS) is 12.8. The van der Waals surface area contributed by atoms with Gasteiger partial charge < -0.3 is 5.73 Å². The average molecular weight is 277 g/mol. The number of hydrogen-bond acceptors (Lipinski definition) is 3. The summed E-state index contributed by atoms with van der Waals surface area (Å²) in [6.07, 6.45) is 4.23. The van der Waals surface area contributed by atoms with Gasteiger partial charge in [-0.15, -0.1) is 0 Å². The van der Waals surface area contributed by atoms with Crippen molar-refractivity contribution in [2.45, 2.75) is 45.6 Å². The molecule has 0 saturated carbocycles. The molecule has 0 radical (unpaired) electrons. The zero-order chi connectivity index (χ0) is 13.8. The fourth-order valence-electron chi connectivity index (χ4n) is 2.44. The lowest BCUT2D eigenvalue weighted by Gasteiger charge is -2.11. The van der Waals surface area contributed by atoms with Crippen LogP contribution < -0.4 is 5.73 Å². The Kier molecular flexibility index (Phi) is 4.77. The van der Waals surface area contributed by atoms with E-state index in [4.69, 9.17) is 5.73 Å². The van der Waals surface area contributed by atoms with E-state index >= 15 is 0 Å². The first kappa shape index (κ1) is 14.3. The molecule has 104 valence electrons. The fraction of sp³-hybridized carbons (Fsp3) is 0.533. The van der Waals surface area contributed by atoms with Crippen molar-refractivity contribution in [3.63, 3.8) is 0 Å². The highest BCUT2D eigenvalue weighted by Crippen LogP contribution is 2.16. The summed E-state index contributed by atoms with van der Waals surface area (Å²) in [7, 11) is 2.00. The van der Waals surface area contributed by atoms with Gasteiger partial charge in [0.1, 0.15) is 0 Å². The van der Waals surface area contributed by atoms with Gasteiger partial charge in [0, 0.05) is 18.8 Å². The van der Waals surface area contributed by atoms with Crippen molar-refractivity contribution in [3.8, 4) is 0 Å². The number of nitrogens with two attached hydrogens (primary N) is 1. The smallest absolute Gasteiger partial charge is 0.0628 e. The highest BCUT2D eigenvalue weighted by atomic mass is 32.1. The van der Waals surface area contributed by atoms with Crippen LogP contribution in [0.1, 0.15) is 35.4 Å². The molecule has 0 fully saturated rings. The first-order chi connectivity index (χ1) is 9.08. The van der Waals surface area contributed by atoms with Crippen LogP contribution in [0, 0.1) is 13.8 Å². The molecule has 0 aliphatic heterocycles. The van der Waals surface area contributed by atoms with E-state index in [2.05, 4.69) is 35.8 Å². The molecule has 0 saturated heterocycles. The van der Waals surface area contributed by atoms with Crippen molar-refractivity contribution in [1.82, 2.24) is 9.78 Å². The summed E-state index contributed by atoms with van der Waals surface area (Å²) in [5.41, 5.74) is 11.4. The van der Waals surface area contributed by atoms with Crippen LogP contribution in [0.25, 0.3) is 0 Å². The third-order valence-electron chi connectivity index (χ3n) is 3.81. The van der Waals surface area contributed by atoms with E-state index in [0.717, 1.165) is 31.4 Å². The fourth-order valence-corrected chi connectivity index (χ4v) is 3.14. The Bertz CT molecular complexity index is 514. The number of aromatic nitrogens is 2. The van der Waals surface area contributed by atoms with Gasteiger partial charge in [-0.25, -0.2) is 0 Å². The van der Waals surface area contributed by atoms with Crippen LogP contribution in [0.5, 0.6) is 0 Å². The van der Waals surface area contributed by atoms with Crippen molar-refractivity contribution < 1.29 is 0 Å². The minimum atomic E-state index is 0.277. The summed E-state index contributed by atoms with van der Waals surface area (Å²) >= 11 is 1.76. The predicted octanol–water partition coefficient (Wildman–Crippen LogP) is 2.99. The van der Waals surface area contributed by atoms with Crippen LogP contribution in [0.4, 0.5) is 0 Å². The Balaban J connectivity index is 1.81. The zero-order valence-electron chi connectivity index (χ0n) is 12.0. The SMILES string of the molecule is Cc1nn(C)c(C)c1CCC(N)CCc1ccsc1. The lowest BCUT2D eigenvalue weighted by Crippen LogP contribution is -2.21. The zero-order valence-corrected chi connectivity index (χ0v) is 12.8. The number of nitrogens with zero attached hydrogens (tertiary/aromatic N) is 2. The van der Waals surface area contributed by atoms with Crippen molar-refractivity contribution in [1.29, 1.82) is 0 Å². The second kappa shape index (κ2) is 6.35. The van der Waals surface area contributed by atoms with Gasteiger partial charge in [-0.05, 0) is 67.5 Å². The molecule has 2 aromatic rings. The van der Waals surface area contributed by atoms with Gasteiger partial charge in [-0.2, -0.15) is 16.4 Å². The Labute approximate surface area is 119 Å². The highest BCUT2D eigenvalue weighted by molar-refractivity contribution is 7.07. The van der Waals surface area contributed by atoms with Gasteiger partial charge in [0.15, 0.2) is 0 Å². The summed E-state index contributed by atoms with van der Waals surface area (Å²) in [6.45, 7) is 4.21. The van der Waals surface area contributed by atoms with Crippen LogP contribution in [0.3, 0.4) is 0 Å². The van der Waals surface area contributed by atoms with E-state index < -0.39 is 0 Å². The molecule has 2 rings (SSSR count). The number of rotatable bonds is 6. The van der Waals surface area contributed by atoms with Gasteiger partial charge in [0.05, 0.1) is 5.69 Å². The standard InChI is InChI=1S/C15H23N3S/c1-11-15(12(2)18(3)17-11)7-6-14(16)5-4-13-8-9-19-10-13/h8-10,14H,4-7,16H2,1-3H3. The number of hydrogen-bond donors (Lipinski definition) is 1. The highest BCUT2D eigenvalue weighted by Gasteiger charge is 2.11. The van der Waals surface area contributed by atoms with Crippen LogP contribution in [-0.2, 0) is 19.9 Å². The van der Waals surface area contributed by atoms with Gasteiger partial charge in [-0.1, -0.05) is 0 Å². The summed E-state index contributed by atoms with van der Waals surface area (Å²) in [4.78, 5) is 0. The summed E-state index contributed by atoms with van der Waals surface area (Å²) in [6, 6.07) is 2.46. The van der Waals surface area contributed by atoms with E-state index in [9.17, 15) is 0 Å². The van der Waals surface area contributed by atoms with Gasteiger partial charge >= 0.3 is 0 Å². The summed E-state index contributed by atoms with van der Waals surface area (Å²) < 4.78 is 1.96. The van der Waals surface area contributed by atoms with Gasteiger partial charge in [0.2, 0.25) is 0 Å². The molecular formula is C15H23N3S. The van der Waals surface area contributed by atoms with E-state index in [0.29, 0.717) is 0 Å². The Morgan fingerprint density at radius 3 is 2.63 bits per heavy atom. The molecular weight excluding hydrogens is 254 g/mol. The quantitative estimate of drug-likeness (QED) is 0.882. The molecule has 0 bridgehead atoms. The molecule has 0 spiro atoms. The minimum absolute atomic E-state index is 0.277. The predicted molar refractivity (Wildman–Crippen MR) is 81.6 cm³/mol. The molecule has 1 unspecified atom stereocenters. The Hall–Kier alpha value is -1.13. The van der Waals surface area contributed by atoms with E-state index in [1.807, 2.05) is 11.7 Å². The molecule has 0 aromatic carbocycles. The average Bonchev–Trinajstić information content (AvgIpc) is 2.96. The first-order valence-corrected chi connectivity index (χ1v) is 7.78. The largest absolute Gasteiger partial charge is 0.328 e. The van der Waals surface area contributed by atoms with Crippen molar-refractivity contribution >= 4 is 11.3 Å². The van der Waals surface area contributed by atoms with Crippen molar-refractivity contribution in [2.24, 2.45) is 12.8 Å². The molecule has 19 heavy (non-hydrogen) atoms. The minimum Gasteiger partial charge on any atom is -0.328 e. The molecule has 2 N–H and O–H groups in total. The molecule has 0 aliphatic carbocycles. The van der Waals surface area contributed by atoms with Crippen LogP contribution in [-0.4, -0.2) is 15.8 Å². The van der Waals surface area contributed by atoms with Crippen molar-refractivity contribution in [3.05, 3.63) is 39.3 Å².